The molecule has 2 aromatic rings. The fourth-order valence-electron chi connectivity index (χ4n) is 3.53. The number of carbonyl (C=O) groups is 2. The molecule has 0 bridgehead atoms. The van der Waals surface area contributed by atoms with Crippen LogP contribution in [0.1, 0.15) is 36.2 Å². The number of fused-ring (bicyclic) bond motifs is 1. The van der Waals surface area contributed by atoms with E-state index in [-0.39, 0.29) is 40.9 Å². The topological polar surface area (TPSA) is 158 Å². The maximum Gasteiger partial charge on any atom is 0.267 e. The van der Waals surface area contributed by atoms with Crippen LogP contribution in [0.5, 0.6) is 0 Å². The first-order chi connectivity index (χ1) is 13.3. The minimum absolute atomic E-state index is 0.0348. The molecule has 1 fully saturated rings. The van der Waals surface area contributed by atoms with Gasteiger partial charge in [-0.2, -0.15) is 5.26 Å². The summed E-state index contributed by atoms with van der Waals surface area (Å²) in [4.78, 5) is 27.9. The standard InChI is InChI=1S/C18H21N5O4S/c19-7-8-21-17(24)13-3-1-2-4-15(13)23-18(25)16-10-11-9-12(28(20,26)27)5-6-14(11)22-16/h5-6,9-10,13,15,22H,1-4,8H2,(H,21,24)(H,23,25)(H2,20,26,27)/t13-,15+/m1/s1. The van der Waals surface area contributed by atoms with Crippen molar-refractivity contribution in [1.82, 2.24) is 15.6 Å². The molecule has 28 heavy (non-hydrogen) atoms. The van der Waals surface area contributed by atoms with E-state index in [2.05, 4.69) is 15.6 Å². The predicted octanol–water partition coefficient (Wildman–Crippen LogP) is 0.744. The Morgan fingerprint density at radius 2 is 2.00 bits per heavy atom. The van der Waals surface area contributed by atoms with Gasteiger partial charge in [-0.15, -0.1) is 0 Å². The fourth-order valence-corrected chi connectivity index (χ4v) is 4.08. The molecule has 2 amide bonds. The number of carbonyl (C=O) groups excluding carboxylic acids is 2. The smallest absolute Gasteiger partial charge is 0.267 e. The number of nitrogens with zero attached hydrogens (tertiary/aromatic N) is 1. The van der Waals surface area contributed by atoms with E-state index in [0.29, 0.717) is 23.7 Å². The number of rotatable bonds is 5. The van der Waals surface area contributed by atoms with Crippen molar-refractivity contribution < 1.29 is 18.0 Å². The van der Waals surface area contributed by atoms with Crippen LogP contribution in [0, 0.1) is 17.2 Å². The average molecular weight is 403 g/mol. The molecule has 1 aromatic carbocycles. The second kappa shape index (κ2) is 8.00. The number of amides is 2. The van der Waals surface area contributed by atoms with Crippen LogP contribution in [0.25, 0.3) is 10.9 Å². The van der Waals surface area contributed by atoms with Crippen LogP contribution in [0.15, 0.2) is 29.2 Å². The van der Waals surface area contributed by atoms with Crippen molar-refractivity contribution in [2.24, 2.45) is 11.1 Å². The quantitative estimate of drug-likeness (QED) is 0.541. The number of hydrogen-bond acceptors (Lipinski definition) is 5. The van der Waals surface area contributed by atoms with Crippen LogP contribution in [0.3, 0.4) is 0 Å². The Kier molecular flexibility index (Phi) is 5.67. The van der Waals surface area contributed by atoms with Gasteiger partial charge in [0, 0.05) is 16.9 Å². The lowest BCUT2D eigenvalue weighted by Crippen LogP contribution is -2.48. The molecule has 1 heterocycles. The molecular weight excluding hydrogens is 382 g/mol. The van der Waals surface area contributed by atoms with Gasteiger partial charge in [0.15, 0.2) is 0 Å². The van der Waals surface area contributed by atoms with E-state index in [0.717, 1.165) is 12.8 Å². The first-order valence-electron chi connectivity index (χ1n) is 8.90. The number of nitrogens with two attached hydrogens (primary N) is 1. The molecule has 0 unspecified atom stereocenters. The number of nitrogens with one attached hydrogen (secondary N) is 3. The Balaban J connectivity index is 1.77. The number of nitriles is 1. The minimum atomic E-state index is -3.83. The largest absolute Gasteiger partial charge is 0.351 e. The van der Waals surface area contributed by atoms with E-state index in [1.54, 1.807) is 12.1 Å². The SMILES string of the molecule is N#CCNC(=O)[C@@H]1CCCC[C@@H]1NC(=O)c1cc2cc(S(N)(=O)=O)ccc2[nH]1. The Hall–Kier alpha value is -2.90. The first kappa shape index (κ1) is 19.9. The summed E-state index contributed by atoms with van der Waals surface area (Å²) in [5.74, 6) is -0.997. The van der Waals surface area contributed by atoms with Gasteiger partial charge in [-0.1, -0.05) is 12.8 Å². The van der Waals surface area contributed by atoms with E-state index < -0.39 is 10.0 Å². The van der Waals surface area contributed by atoms with Gasteiger partial charge in [0.25, 0.3) is 5.91 Å². The van der Waals surface area contributed by atoms with E-state index in [1.165, 1.54) is 12.1 Å². The zero-order valence-corrected chi connectivity index (χ0v) is 15.9. The third-order valence-electron chi connectivity index (χ3n) is 4.93. The molecule has 1 aliphatic carbocycles. The number of hydrogen-bond donors (Lipinski definition) is 4. The van der Waals surface area contributed by atoms with Crippen LogP contribution in [0.2, 0.25) is 0 Å². The summed E-state index contributed by atoms with van der Waals surface area (Å²) < 4.78 is 23.0. The Bertz CT molecular complexity index is 1050. The second-order valence-electron chi connectivity index (χ2n) is 6.82. The molecule has 148 valence electrons. The van der Waals surface area contributed by atoms with Crippen molar-refractivity contribution in [2.75, 3.05) is 6.54 Å². The van der Waals surface area contributed by atoms with Crippen molar-refractivity contribution in [2.45, 2.75) is 36.6 Å². The van der Waals surface area contributed by atoms with Crippen LogP contribution >= 0.6 is 0 Å². The summed E-state index contributed by atoms with van der Waals surface area (Å²) in [5.41, 5.74) is 0.868. The molecule has 1 saturated carbocycles. The van der Waals surface area contributed by atoms with Crippen molar-refractivity contribution in [3.8, 4) is 6.07 Å². The van der Waals surface area contributed by atoms with Crippen molar-refractivity contribution in [3.63, 3.8) is 0 Å². The monoisotopic (exact) mass is 403 g/mol. The Labute approximate surface area is 162 Å². The zero-order valence-electron chi connectivity index (χ0n) is 15.1. The molecule has 1 aromatic heterocycles. The van der Waals surface area contributed by atoms with Crippen molar-refractivity contribution in [1.29, 1.82) is 5.26 Å². The van der Waals surface area contributed by atoms with Crippen LogP contribution in [-0.4, -0.2) is 37.8 Å². The lowest BCUT2D eigenvalue weighted by atomic mass is 9.83. The van der Waals surface area contributed by atoms with Gasteiger partial charge in [-0.25, -0.2) is 13.6 Å². The third kappa shape index (κ3) is 4.32. The number of H-pyrrole nitrogens is 1. The van der Waals surface area contributed by atoms with Crippen LogP contribution in [-0.2, 0) is 14.8 Å². The first-order valence-corrected chi connectivity index (χ1v) is 10.5. The highest BCUT2D eigenvalue weighted by Gasteiger charge is 2.32. The third-order valence-corrected chi connectivity index (χ3v) is 5.84. The molecular formula is C18H21N5O4S. The maximum atomic E-state index is 12.7. The lowest BCUT2D eigenvalue weighted by Gasteiger charge is -2.30. The van der Waals surface area contributed by atoms with Crippen molar-refractivity contribution >= 4 is 32.7 Å². The van der Waals surface area contributed by atoms with E-state index >= 15 is 0 Å². The molecule has 2 atom stereocenters. The number of aromatic amines is 1. The van der Waals surface area contributed by atoms with Gasteiger partial charge in [0.05, 0.1) is 16.9 Å². The highest BCUT2D eigenvalue weighted by Crippen LogP contribution is 2.25. The summed E-state index contributed by atoms with van der Waals surface area (Å²) in [6.07, 6.45) is 3.11. The fraction of sp³-hybridized carbons (Fsp3) is 0.389. The summed E-state index contributed by atoms with van der Waals surface area (Å²) in [7, 11) is -3.83. The van der Waals surface area contributed by atoms with Gasteiger partial charge >= 0.3 is 0 Å². The van der Waals surface area contributed by atoms with Gasteiger partial charge < -0.3 is 15.6 Å². The number of primary sulfonamides is 1. The second-order valence-corrected chi connectivity index (χ2v) is 8.39. The summed E-state index contributed by atoms with van der Waals surface area (Å²) in [6, 6.07) is 7.41. The molecule has 9 nitrogen and oxygen atoms in total. The predicted molar refractivity (Wildman–Crippen MR) is 102 cm³/mol. The molecule has 3 rings (SSSR count). The van der Waals surface area contributed by atoms with Gasteiger partial charge in [-0.05, 0) is 37.1 Å². The number of sulfonamides is 1. The number of aromatic nitrogens is 1. The zero-order chi connectivity index (χ0) is 20.3. The lowest BCUT2D eigenvalue weighted by molar-refractivity contribution is -0.126. The minimum Gasteiger partial charge on any atom is -0.351 e. The molecule has 0 radical (unpaired) electrons. The van der Waals surface area contributed by atoms with Crippen molar-refractivity contribution in [3.05, 3.63) is 30.0 Å². The molecule has 5 N–H and O–H groups in total. The normalized spacial score (nSPS) is 19.7. The highest BCUT2D eigenvalue weighted by atomic mass is 32.2. The Morgan fingerprint density at radius 1 is 1.25 bits per heavy atom. The van der Waals surface area contributed by atoms with Crippen LogP contribution in [0.4, 0.5) is 0 Å². The van der Waals surface area contributed by atoms with E-state index in [9.17, 15) is 18.0 Å². The highest BCUT2D eigenvalue weighted by molar-refractivity contribution is 7.89. The van der Waals surface area contributed by atoms with E-state index in [4.69, 9.17) is 10.4 Å². The molecule has 0 aliphatic heterocycles. The summed E-state index contributed by atoms with van der Waals surface area (Å²) in [6.45, 7) is -0.0651. The summed E-state index contributed by atoms with van der Waals surface area (Å²) >= 11 is 0. The number of benzene rings is 1. The molecule has 10 heteroatoms. The molecule has 0 spiro atoms. The molecule has 1 aliphatic rings. The summed E-state index contributed by atoms with van der Waals surface area (Å²) in [5, 5.41) is 19.8. The average Bonchev–Trinajstić information content (AvgIpc) is 3.09. The Morgan fingerprint density at radius 3 is 2.71 bits per heavy atom. The van der Waals surface area contributed by atoms with Gasteiger partial charge in [-0.3, -0.25) is 9.59 Å². The van der Waals surface area contributed by atoms with Crippen LogP contribution < -0.4 is 15.8 Å². The van der Waals surface area contributed by atoms with E-state index in [1.807, 2.05) is 6.07 Å². The van der Waals surface area contributed by atoms with Gasteiger partial charge in [0.1, 0.15) is 12.2 Å². The maximum absolute atomic E-state index is 12.7. The van der Waals surface area contributed by atoms with Gasteiger partial charge in [0.2, 0.25) is 15.9 Å². The molecule has 0 saturated heterocycles.